The second-order valence-corrected chi connectivity index (χ2v) is 12.4. The molecule has 0 saturated carbocycles. The number of fused-ring (bicyclic) bond motifs is 9. The lowest BCUT2D eigenvalue weighted by Gasteiger charge is -2.13. The van der Waals surface area contributed by atoms with Gasteiger partial charge in [-0.15, -0.1) is 0 Å². The van der Waals surface area contributed by atoms with E-state index >= 15 is 0 Å². The second kappa shape index (κ2) is 11.2. The van der Waals surface area contributed by atoms with E-state index in [1.165, 1.54) is 12.1 Å². The molecule has 5 heteroatoms. The Hall–Kier alpha value is -7.11. The number of rotatable bonds is 4. The zero-order valence-electron chi connectivity index (χ0n) is 36.1. The Morgan fingerprint density at radius 3 is 2.04 bits per heavy atom. The van der Waals surface area contributed by atoms with Crippen molar-refractivity contribution in [2.75, 3.05) is 0 Å². The summed E-state index contributed by atoms with van der Waals surface area (Å²) in [6.07, 6.45) is 0. The average Bonchev–Trinajstić information content (AvgIpc) is 3.85. The number of aromatic nitrogens is 3. The maximum Gasteiger partial charge on any atom is 0.164 e. The second-order valence-electron chi connectivity index (χ2n) is 12.4. The summed E-state index contributed by atoms with van der Waals surface area (Å²) in [5, 5.41) is 5.61. The monoisotopic (exact) mass is 674 g/mol. The van der Waals surface area contributed by atoms with E-state index in [9.17, 15) is 2.74 Å². The van der Waals surface area contributed by atoms with Crippen LogP contribution in [0.4, 0.5) is 0 Å². The first-order valence-electron chi connectivity index (χ1n) is 21.1. The third-order valence-corrected chi connectivity index (χ3v) is 9.46. The molecule has 0 aliphatic rings. The van der Waals surface area contributed by atoms with E-state index < -0.39 is 30.2 Å². The number of furan rings is 2. The molecule has 52 heavy (non-hydrogen) atoms. The van der Waals surface area contributed by atoms with Crippen LogP contribution in [0.5, 0.6) is 0 Å². The highest BCUT2D eigenvalue weighted by Crippen LogP contribution is 2.43. The summed E-state index contributed by atoms with van der Waals surface area (Å²) < 4.78 is 93.2. The Morgan fingerprint density at radius 1 is 0.423 bits per heavy atom. The molecule has 0 aliphatic heterocycles. The fourth-order valence-corrected chi connectivity index (χ4v) is 7.16. The van der Waals surface area contributed by atoms with Gasteiger partial charge in [-0.2, -0.15) is 0 Å². The van der Waals surface area contributed by atoms with Crippen LogP contribution in [0.25, 0.3) is 111 Å². The van der Waals surface area contributed by atoms with E-state index in [0.29, 0.717) is 22.3 Å². The molecule has 0 aliphatic carbocycles. The Kier molecular flexibility index (Phi) is 4.56. The topological polar surface area (TPSA) is 65.0 Å². The van der Waals surface area contributed by atoms with Gasteiger partial charge in [0.25, 0.3) is 0 Å². The number of para-hydroxylation sites is 3. The Bertz CT molecular complexity index is 3700. The summed E-state index contributed by atoms with van der Waals surface area (Å²) >= 11 is 0. The summed E-state index contributed by atoms with van der Waals surface area (Å²) in [5.41, 5.74) is 2.01. The highest BCUT2D eigenvalue weighted by Gasteiger charge is 2.22. The quantitative estimate of drug-likeness (QED) is 0.174. The first kappa shape index (κ1) is 21.2. The van der Waals surface area contributed by atoms with E-state index in [4.69, 9.17) is 33.4 Å². The molecule has 11 aromatic rings. The van der Waals surface area contributed by atoms with E-state index in [1.54, 1.807) is 6.07 Å². The Labute approximate surface area is 310 Å². The number of nitrogens with zero attached hydrogens (tertiary/aromatic N) is 3. The summed E-state index contributed by atoms with van der Waals surface area (Å²) in [6.45, 7) is 0. The first-order chi connectivity index (χ1) is 29.5. The van der Waals surface area contributed by atoms with Crippen molar-refractivity contribution in [1.82, 2.24) is 15.0 Å². The summed E-state index contributed by atoms with van der Waals surface area (Å²) in [7, 11) is 0. The highest BCUT2D eigenvalue weighted by atomic mass is 16.3. The molecule has 0 bridgehead atoms. The maximum absolute atomic E-state index is 10.1. The lowest BCUT2D eigenvalue weighted by molar-refractivity contribution is 0.668. The molecule has 5 nitrogen and oxygen atoms in total. The normalized spacial score (nSPS) is 14.3. The highest BCUT2D eigenvalue weighted by molar-refractivity contribution is 6.16. The van der Waals surface area contributed by atoms with E-state index in [2.05, 4.69) is 0 Å². The van der Waals surface area contributed by atoms with Crippen LogP contribution >= 0.6 is 0 Å². The van der Waals surface area contributed by atoms with Gasteiger partial charge in [0.15, 0.2) is 17.5 Å². The van der Waals surface area contributed by atoms with Gasteiger partial charge < -0.3 is 8.83 Å². The van der Waals surface area contributed by atoms with E-state index in [0.717, 1.165) is 32.3 Å². The lowest BCUT2D eigenvalue weighted by atomic mass is 9.96. The number of benzene rings is 8. The molecule has 0 N–H and O–H groups in total. The van der Waals surface area contributed by atoms with Crippen molar-refractivity contribution in [3.8, 4) is 45.3 Å². The predicted molar refractivity (Wildman–Crippen MR) is 211 cm³/mol. The van der Waals surface area contributed by atoms with E-state index in [1.807, 2.05) is 91.0 Å². The molecule has 0 unspecified atom stereocenters. The lowest BCUT2D eigenvalue weighted by Crippen LogP contribution is -2.01. The molecule has 0 saturated heterocycles. The van der Waals surface area contributed by atoms with Crippen LogP contribution in [0.3, 0.4) is 0 Å². The maximum atomic E-state index is 10.1. The minimum Gasteiger partial charge on any atom is -0.456 e. The molecule has 8 aromatic carbocycles. The average molecular weight is 675 g/mol. The SMILES string of the molecule is [2H]c1cc([2H])c2oc3c([2H])c(-c4cccc5c4oc4ccccc45)c([2H])c(-c4nc(-c5c([2H])c([2H])c([2H])c([2H])c5[2H])nc(-c5cc6ccccc6c6ccccc56)n4)c3c2c1. The molecule has 0 amide bonds. The van der Waals surface area contributed by atoms with Gasteiger partial charge in [0.05, 0.1) is 12.3 Å². The Balaban J connectivity index is 1.32. The summed E-state index contributed by atoms with van der Waals surface area (Å²) in [5.74, 6) is -0.276. The van der Waals surface area contributed by atoms with Crippen molar-refractivity contribution in [3.05, 3.63) is 164 Å². The van der Waals surface area contributed by atoms with Gasteiger partial charge in [0, 0.05) is 43.8 Å². The standard InChI is InChI=1S/C47H27N3O2/c1-2-13-28(14-3-1)45-48-46(38-25-29-15-4-5-16-31(29)33-17-6-7-18-34(33)38)50-47(49-45)39-26-30(27-42-43(39)37-20-9-11-24-41(37)51-42)32-21-12-22-36-35-19-8-10-23-40(35)52-44(32)36/h1-27H/i1D,2D,3D,9D,13D,14D,24D,26D,27D. The molecule has 3 heterocycles. The van der Waals surface area contributed by atoms with Crippen LogP contribution in [0.15, 0.2) is 172 Å². The number of hydrogen-bond donors (Lipinski definition) is 0. The van der Waals surface area contributed by atoms with Crippen LogP contribution in [0.2, 0.25) is 0 Å². The van der Waals surface area contributed by atoms with Crippen LogP contribution < -0.4 is 0 Å². The molecular weight excluding hydrogens is 639 g/mol. The van der Waals surface area contributed by atoms with E-state index in [-0.39, 0.29) is 80.3 Å². The molecule has 3 aromatic heterocycles. The molecule has 11 rings (SSSR count). The van der Waals surface area contributed by atoms with Gasteiger partial charge in [-0.3, -0.25) is 0 Å². The largest absolute Gasteiger partial charge is 0.456 e. The van der Waals surface area contributed by atoms with Gasteiger partial charge >= 0.3 is 0 Å². The first-order valence-corrected chi connectivity index (χ1v) is 16.6. The van der Waals surface area contributed by atoms with Gasteiger partial charge in [-0.05, 0) is 57.4 Å². The third kappa shape index (κ3) is 4.39. The van der Waals surface area contributed by atoms with Crippen molar-refractivity contribution in [2.45, 2.75) is 0 Å². The van der Waals surface area contributed by atoms with Crippen LogP contribution in [0.1, 0.15) is 12.3 Å². The molecule has 0 radical (unpaired) electrons. The minimum atomic E-state index is -0.582. The fraction of sp³-hybridized carbons (Fsp3) is 0. The van der Waals surface area contributed by atoms with Crippen molar-refractivity contribution >= 4 is 65.4 Å². The summed E-state index contributed by atoms with van der Waals surface area (Å²) in [6, 6.07) is 30.0. The van der Waals surface area contributed by atoms with Crippen LogP contribution in [-0.2, 0) is 0 Å². The zero-order chi connectivity index (χ0) is 42.0. The van der Waals surface area contributed by atoms with Crippen LogP contribution in [-0.4, -0.2) is 15.0 Å². The molecule has 0 atom stereocenters. The summed E-state index contributed by atoms with van der Waals surface area (Å²) in [4.78, 5) is 14.8. The van der Waals surface area contributed by atoms with Gasteiger partial charge in [-0.1, -0.05) is 133 Å². The molecule has 242 valence electrons. The predicted octanol–water partition coefficient (Wildman–Crippen LogP) is 12.6. The van der Waals surface area contributed by atoms with Gasteiger partial charge in [0.1, 0.15) is 22.3 Å². The third-order valence-electron chi connectivity index (χ3n) is 9.46. The zero-order valence-corrected chi connectivity index (χ0v) is 27.1. The molecule has 0 fully saturated rings. The minimum absolute atomic E-state index is 0.000815. The smallest absolute Gasteiger partial charge is 0.164 e. The van der Waals surface area contributed by atoms with Crippen molar-refractivity contribution in [1.29, 1.82) is 0 Å². The van der Waals surface area contributed by atoms with Crippen molar-refractivity contribution in [2.24, 2.45) is 0 Å². The van der Waals surface area contributed by atoms with Crippen molar-refractivity contribution < 1.29 is 21.2 Å². The molecular formula is C47H27N3O2. The van der Waals surface area contributed by atoms with Gasteiger partial charge in [-0.25, -0.2) is 15.0 Å². The number of hydrogen-bond acceptors (Lipinski definition) is 5. The van der Waals surface area contributed by atoms with Gasteiger partial charge in [0.2, 0.25) is 0 Å². The van der Waals surface area contributed by atoms with Crippen molar-refractivity contribution in [3.63, 3.8) is 0 Å². The van der Waals surface area contributed by atoms with Crippen LogP contribution in [0, 0.1) is 0 Å². The Morgan fingerprint density at radius 2 is 1.15 bits per heavy atom. The molecule has 0 spiro atoms. The fourth-order valence-electron chi connectivity index (χ4n) is 7.16.